The van der Waals surface area contributed by atoms with Gasteiger partial charge in [-0.3, -0.25) is 4.79 Å². The van der Waals surface area contributed by atoms with Gasteiger partial charge in [0.15, 0.2) is 11.0 Å². The van der Waals surface area contributed by atoms with E-state index in [1.165, 1.54) is 18.5 Å². The Morgan fingerprint density at radius 3 is 3.05 bits per heavy atom. The Bertz CT molecular complexity index is 787. The van der Waals surface area contributed by atoms with E-state index in [0.29, 0.717) is 22.0 Å². The topological polar surface area (TPSA) is 94.0 Å². The van der Waals surface area contributed by atoms with Gasteiger partial charge in [-0.15, -0.1) is 0 Å². The number of nitrogens with zero attached hydrogens (tertiary/aromatic N) is 4. The van der Waals surface area contributed by atoms with E-state index in [0.717, 1.165) is 11.8 Å². The third-order valence-corrected chi connectivity index (χ3v) is 3.67. The van der Waals surface area contributed by atoms with Crippen molar-refractivity contribution in [3.8, 4) is 0 Å². The third kappa shape index (κ3) is 2.87. The van der Waals surface area contributed by atoms with Gasteiger partial charge in [0.25, 0.3) is 0 Å². The monoisotopic (exact) mass is 308 g/mol. The van der Waals surface area contributed by atoms with Crippen LogP contribution in [0.4, 0.5) is 4.39 Å². The molecule has 0 aliphatic carbocycles. The standard InChI is InChI=1S/C12H9FN4O3S/c13-7-1-2-9-8(3-7)15-12(21-5-11(18)19)17(9)4-10-14-6-20-16-10/h1-3,6H,4-5H2,(H,18,19). The number of carboxylic acids is 1. The molecular formula is C12H9FN4O3S. The predicted octanol–water partition coefficient (Wildman–Crippen LogP) is 1.78. The second-order valence-electron chi connectivity index (χ2n) is 4.14. The lowest BCUT2D eigenvalue weighted by Crippen LogP contribution is -2.05. The van der Waals surface area contributed by atoms with E-state index < -0.39 is 11.8 Å². The van der Waals surface area contributed by atoms with E-state index in [4.69, 9.17) is 5.11 Å². The van der Waals surface area contributed by atoms with Crippen molar-refractivity contribution in [2.24, 2.45) is 0 Å². The Labute approximate surface area is 121 Å². The van der Waals surface area contributed by atoms with Crippen LogP contribution in [0.25, 0.3) is 11.0 Å². The fourth-order valence-electron chi connectivity index (χ4n) is 1.87. The van der Waals surface area contributed by atoms with Crippen LogP contribution in [0.5, 0.6) is 0 Å². The molecular weight excluding hydrogens is 299 g/mol. The van der Waals surface area contributed by atoms with Gasteiger partial charge in [0.1, 0.15) is 5.82 Å². The van der Waals surface area contributed by atoms with Crippen LogP contribution in [0.15, 0.2) is 34.3 Å². The van der Waals surface area contributed by atoms with Gasteiger partial charge in [-0.25, -0.2) is 9.37 Å². The smallest absolute Gasteiger partial charge is 0.313 e. The second kappa shape index (κ2) is 5.52. The van der Waals surface area contributed by atoms with E-state index in [1.54, 1.807) is 10.6 Å². The fourth-order valence-corrected chi connectivity index (χ4v) is 2.61. The van der Waals surface area contributed by atoms with Crippen molar-refractivity contribution in [3.05, 3.63) is 36.2 Å². The number of hydrogen-bond donors (Lipinski definition) is 1. The van der Waals surface area contributed by atoms with E-state index in [2.05, 4.69) is 19.6 Å². The van der Waals surface area contributed by atoms with Crippen LogP contribution >= 0.6 is 11.8 Å². The number of fused-ring (bicyclic) bond motifs is 1. The summed E-state index contributed by atoms with van der Waals surface area (Å²) in [6.45, 7) is 0.264. The van der Waals surface area contributed by atoms with E-state index >= 15 is 0 Å². The number of rotatable bonds is 5. The molecule has 0 unspecified atom stereocenters. The molecule has 0 spiro atoms. The highest BCUT2D eigenvalue weighted by atomic mass is 32.2. The molecule has 0 bridgehead atoms. The first-order valence-electron chi connectivity index (χ1n) is 5.89. The highest BCUT2D eigenvalue weighted by molar-refractivity contribution is 7.99. The van der Waals surface area contributed by atoms with Gasteiger partial charge in [0.2, 0.25) is 6.39 Å². The minimum absolute atomic E-state index is 0.141. The maximum Gasteiger partial charge on any atom is 0.313 e. The number of aliphatic carboxylic acids is 1. The zero-order chi connectivity index (χ0) is 14.8. The van der Waals surface area contributed by atoms with Crippen LogP contribution in [-0.4, -0.2) is 36.5 Å². The largest absolute Gasteiger partial charge is 0.481 e. The Morgan fingerprint density at radius 2 is 2.33 bits per heavy atom. The molecule has 3 aromatic rings. The lowest BCUT2D eigenvalue weighted by Gasteiger charge is -2.05. The maximum absolute atomic E-state index is 13.3. The Morgan fingerprint density at radius 1 is 1.48 bits per heavy atom. The van der Waals surface area contributed by atoms with Crippen LogP contribution in [0.1, 0.15) is 5.82 Å². The Hall–Kier alpha value is -2.42. The number of hydrogen-bond acceptors (Lipinski definition) is 6. The molecule has 7 nitrogen and oxygen atoms in total. The molecule has 2 heterocycles. The zero-order valence-corrected chi connectivity index (χ0v) is 11.4. The van der Waals surface area contributed by atoms with Crippen molar-refractivity contribution in [2.45, 2.75) is 11.7 Å². The van der Waals surface area contributed by atoms with E-state index in [1.807, 2.05) is 0 Å². The van der Waals surface area contributed by atoms with Crippen LogP contribution in [0.3, 0.4) is 0 Å². The molecule has 0 atom stereocenters. The van der Waals surface area contributed by atoms with Crippen LogP contribution in [0.2, 0.25) is 0 Å². The number of halogens is 1. The maximum atomic E-state index is 13.3. The molecule has 108 valence electrons. The molecule has 2 aromatic heterocycles. The third-order valence-electron chi connectivity index (χ3n) is 2.71. The SMILES string of the molecule is O=C(O)CSc1nc2cc(F)ccc2n1Cc1ncon1. The Balaban J connectivity index is 2.03. The molecule has 21 heavy (non-hydrogen) atoms. The predicted molar refractivity (Wildman–Crippen MR) is 71.5 cm³/mol. The van der Waals surface area contributed by atoms with Crippen LogP contribution in [-0.2, 0) is 11.3 Å². The number of thioether (sulfide) groups is 1. The first kappa shape index (κ1) is 13.6. The molecule has 0 fully saturated rings. The summed E-state index contributed by atoms with van der Waals surface area (Å²) >= 11 is 1.05. The molecule has 0 aliphatic heterocycles. The molecule has 0 amide bonds. The summed E-state index contributed by atoms with van der Waals surface area (Å²) in [6.07, 6.45) is 1.21. The van der Waals surface area contributed by atoms with Crippen molar-refractivity contribution in [1.29, 1.82) is 0 Å². The summed E-state index contributed by atoms with van der Waals surface area (Å²) in [4.78, 5) is 18.9. The molecule has 0 saturated heterocycles. The highest BCUT2D eigenvalue weighted by Gasteiger charge is 2.15. The van der Waals surface area contributed by atoms with Gasteiger partial charge in [0, 0.05) is 6.07 Å². The minimum Gasteiger partial charge on any atom is -0.481 e. The van der Waals surface area contributed by atoms with Gasteiger partial charge in [-0.05, 0) is 12.1 Å². The van der Waals surface area contributed by atoms with Crippen molar-refractivity contribution >= 4 is 28.8 Å². The van der Waals surface area contributed by atoms with Crippen molar-refractivity contribution < 1.29 is 18.8 Å². The lowest BCUT2D eigenvalue weighted by molar-refractivity contribution is -0.133. The lowest BCUT2D eigenvalue weighted by atomic mass is 10.3. The van der Waals surface area contributed by atoms with Crippen molar-refractivity contribution in [3.63, 3.8) is 0 Å². The van der Waals surface area contributed by atoms with Gasteiger partial charge in [-0.1, -0.05) is 16.9 Å². The number of carbonyl (C=O) groups is 1. The molecule has 1 N–H and O–H groups in total. The number of carboxylic acid groups (broad SMARTS) is 1. The summed E-state index contributed by atoms with van der Waals surface area (Å²) in [5, 5.41) is 13.0. The zero-order valence-electron chi connectivity index (χ0n) is 10.6. The average Bonchev–Trinajstić information content (AvgIpc) is 3.05. The van der Waals surface area contributed by atoms with Crippen LogP contribution in [0, 0.1) is 5.82 Å². The fraction of sp³-hybridized carbons (Fsp3) is 0.167. The molecule has 0 radical (unpaired) electrons. The van der Waals surface area contributed by atoms with E-state index in [-0.39, 0.29) is 12.3 Å². The molecule has 3 rings (SSSR count). The first-order chi connectivity index (χ1) is 10.1. The van der Waals surface area contributed by atoms with Gasteiger partial charge in [-0.2, -0.15) is 4.98 Å². The highest BCUT2D eigenvalue weighted by Crippen LogP contribution is 2.25. The summed E-state index contributed by atoms with van der Waals surface area (Å²) < 4.78 is 19.7. The average molecular weight is 308 g/mol. The molecule has 0 saturated carbocycles. The second-order valence-corrected chi connectivity index (χ2v) is 5.09. The summed E-state index contributed by atoms with van der Waals surface area (Å²) in [7, 11) is 0. The number of aromatic nitrogens is 4. The summed E-state index contributed by atoms with van der Waals surface area (Å²) in [5.41, 5.74) is 1.13. The van der Waals surface area contributed by atoms with E-state index in [9.17, 15) is 9.18 Å². The van der Waals surface area contributed by atoms with Gasteiger partial charge >= 0.3 is 5.97 Å². The normalized spacial score (nSPS) is 11.1. The quantitative estimate of drug-likeness (QED) is 0.718. The summed E-state index contributed by atoms with van der Waals surface area (Å²) in [5.74, 6) is -1.07. The van der Waals surface area contributed by atoms with Crippen molar-refractivity contribution in [1.82, 2.24) is 19.7 Å². The molecule has 9 heteroatoms. The first-order valence-corrected chi connectivity index (χ1v) is 6.87. The number of benzene rings is 1. The van der Waals surface area contributed by atoms with Crippen LogP contribution < -0.4 is 0 Å². The summed E-state index contributed by atoms with van der Waals surface area (Å²) in [6, 6.07) is 4.21. The van der Waals surface area contributed by atoms with Gasteiger partial charge < -0.3 is 14.2 Å². The van der Waals surface area contributed by atoms with Crippen molar-refractivity contribution in [2.75, 3.05) is 5.75 Å². The minimum atomic E-state index is -0.954. The number of imidazole rings is 1. The Kier molecular flexibility index (Phi) is 3.57. The van der Waals surface area contributed by atoms with Gasteiger partial charge in [0.05, 0.1) is 23.3 Å². The molecule has 1 aromatic carbocycles. The molecule has 0 aliphatic rings.